The summed E-state index contributed by atoms with van der Waals surface area (Å²) >= 11 is 1.72. The third-order valence-electron chi connectivity index (χ3n) is 2.31. The number of hydrogen-bond acceptors (Lipinski definition) is 3. The van der Waals surface area contributed by atoms with Crippen molar-refractivity contribution >= 4 is 22.4 Å². The Bertz CT molecular complexity index is 609. The maximum absolute atomic E-state index is 4.15. The average molecular weight is 215 g/mol. The Hall–Kier alpha value is -1.68. The normalized spacial score (nSPS) is 11.0. The number of para-hydroxylation sites is 1. The van der Waals surface area contributed by atoms with Crippen molar-refractivity contribution in [3.8, 4) is 5.69 Å². The van der Waals surface area contributed by atoms with Crippen molar-refractivity contribution in [3.63, 3.8) is 0 Å². The fourth-order valence-corrected chi connectivity index (χ4v) is 2.26. The quantitative estimate of drug-likeness (QED) is 0.625. The molecule has 3 rings (SSSR count). The molecule has 4 heteroatoms. The van der Waals surface area contributed by atoms with Crippen LogP contribution in [-0.4, -0.2) is 15.0 Å². The van der Waals surface area contributed by atoms with E-state index in [9.17, 15) is 0 Å². The molecule has 2 aromatic heterocycles. The highest BCUT2D eigenvalue weighted by molar-refractivity contribution is 7.10. The molecule has 0 fully saturated rings. The molecule has 0 bridgehead atoms. The van der Waals surface area contributed by atoms with Crippen LogP contribution in [0.2, 0.25) is 0 Å². The second-order valence-electron chi connectivity index (χ2n) is 3.41. The van der Waals surface area contributed by atoms with Gasteiger partial charge in [0, 0.05) is 10.3 Å². The van der Waals surface area contributed by atoms with Gasteiger partial charge in [-0.3, -0.25) is 0 Å². The number of rotatable bonds is 1. The van der Waals surface area contributed by atoms with Crippen LogP contribution in [0.25, 0.3) is 16.7 Å². The second kappa shape index (κ2) is 3.17. The molecular formula is C11H9N3S. The summed E-state index contributed by atoms with van der Waals surface area (Å²) in [7, 11) is 0. The van der Waals surface area contributed by atoms with E-state index < -0.39 is 0 Å². The summed E-state index contributed by atoms with van der Waals surface area (Å²) in [4.78, 5) is 1.28. The van der Waals surface area contributed by atoms with Crippen LogP contribution in [-0.2, 0) is 0 Å². The Kier molecular flexibility index (Phi) is 1.82. The first-order valence-corrected chi connectivity index (χ1v) is 5.58. The first kappa shape index (κ1) is 8.61. The van der Waals surface area contributed by atoms with Crippen LogP contribution in [0.1, 0.15) is 4.88 Å². The predicted molar refractivity (Wildman–Crippen MR) is 61.5 cm³/mol. The lowest BCUT2D eigenvalue weighted by Crippen LogP contribution is -1.93. The minimum Gasteiger partial charge on any atom is -0.212 e. The van der Waals surface area contributed by atoms with E-state index in [1.807, 2.05) is 28.9 Å². The zero-order chi connectivity index (χ0) is 10.3. The summed E-state index contributed by atoms with van der Waals surface area (Å²) in [5, 5.41) is 10.4. The molecule has 0 spiro atoms. The fourth-order valence-electron chi connectivity index (χ4n) is 1.60. The van der Waals surface area contributed by atoms with Crippen LogP contribution in [0.3, 0.4) is 0 Å². The highest BCUT2D eigenvalue weighted by atomic mass is 32.1. The molecule has 0 unspecified atom stereocenters. The van der Waals surface area contributed by atoms with Crippen molar-refractivity contribution in [2.75, 3.05) is 0 Å². The van der Waals surface area contributed by atoms with E-state index >= 15 is 0 Å². The minimum atomic E-state index is 0.932. The van der Waals surface area contributed by atoms with E-state index in [1.165, 1.54) is 4.88 Å². The first-order chi connectivity index (χ1) is 7.34. The smallest absolute Gasteiger partial charge is 0.113 e. The van der Waals surface area contributed by atoms with Gasteiger partial charge in [-0.2, -0.15) is 0 Å². The molecule has 3 nitrogen and oxygen atoms in total. The summed E-state index contributed by atoms with van der Waals surface area (Å²) < 4.78 is 1.87. The van der Waals surface area contributed by atoms with E-state index in [2.05, 4.69) is 28.7 Å². The first-order valence-electron chi connectivity index (χ1n) is 4.70. The molecule has 0 aliphatic heterocycles. The van der Waals surface area contributed by atoms with Crippen LogP contribution < -0.4 is 0 Å². The topological polar surface area (TPSA) is 30.7 Å². The van der Waals surface area contributed by atoms with Crippen LogP contribution in [0, 0.1) is 6.92 Å². The van der Waals surface area contributed by atoms with E-state index in [0.29, 0.717) is 0 Å². The van der Waals surface area contributed by atoms with Crippen LogP contribution in [0.5, 0.6) is 0 Å². The van der Waals surface area contributed by atoms with E-state index in [0.717, 1.165) is 16.7 Å². The summed E-state index contributed by atoms with van der Waals surface area (Å²) in [6.07, 6.45) is 0. The molecule has 1 aromatic carbocycles. The van der Waals surface area contributed by atoms with Crippen molar-refractivity contribution in [1.82, 2.24) is 15.0 Å². The molecule has 0 saturated heterocycles. The standard InChI is InChI=1S/C11H9N3S/c1-8-6-9(7-15-8)14-11-5-3-2-4-10(11)12-13-14/h2-7H,1H3. The van der Waals surface area contributed by atoms with Gasteiger partial charge in [0.2, 0.25) is 0 Å². The van der Waals surface area contributed by atoms with Crippen molar-refractivity contribution in [2.24, 2.45) is 0 Å². The van der Waals surface area contributed by atoms with Gasteiger partial charge in [-0.1, -0.05) is 17.3 Å². The number of aryl methyl sites for hydroxylation is 1. The molecule has 0 aliphatic carbocycles. The van der Waals surface area contributed by atoms with Crippen molar-refractivity contribution < 1.29 is 0 Å². The molecule has 0 N–H and O–H groups in total. The fraction of sp³-hybridized carbons (Fsp3) is 0.0909. The van der Waals surface area contributed by atoms with Crippen molar-refractivity contribution in [2.45, 2.75) is 6.92 Å². The lowest BCUT2D eigenvalue weighted by molar-refractivity contribution is 0.826. The maximum atomic E-state index is 4.15. The molecule has 3 aromatic rings. The van der Waals surface area contributed by atoms with Gasteiger partial charge in [0.25, 0.3) is 0 Å². The molecule has 15 heavy (non-hydrogen) atoms. The van der Waals surface area contributed by atoms with Crippen LogP contribution >= 0.6 is 11.3 Å². The minimum absolute atomic E-state index is 0.932. The molecule has 0 amide bonds. The number of nitrogens with zero attached hydrogens (tertiary/aromatic N) is 3. The van der Waals surface area contributed by atoms with Gasteiger partial charge in [-0.25, -0.2) is 4.68 Å². The Morgan fingerprint density at radius 2 is 2.13 bits per heavy atom. The van der Waals surface area contributed by atoms with Gasteiger partial charge in [-0.05, 0) is 25.1 Å². The van der Waals surface area contributed by atoms with E-state index in [-0.39, 0.29) is 0 Å². The number of hydrogen-bond donors (Lipinski definition) is 0. The summed E-state index contributed by atoms with van der Waals surface area (Å²) in [6, 6.07) is 10.1. The number of thiophene rings is 1. The molecule has 0 aliphatic rings. The van der Waals surface area contributed by atoms with Crippen LogP contribution in [0.4, 0.5) is 0 Å². The van der Waals surface area contributed by atoms with Gasteiger partial charge in [0.1, 0.15) is 5.52 Å². The Balaban J connectivity index is 2.27. The van der Waals surface area contributed by atoms with Crippen molar-refractivity contribution in [3.05, 3.63) is 40.6 Å². The molecule has 0 radical (unpaired) electrons. The van der Waals surface area contributed by atoms with Gasteiger partial charge in [0.05, 0.1) is 11.2 Å². The number of aromatic nitrogens is 3. The SMILES string of the molecule is Cc1cc(-n2nnc3ccccc32)cs1. The number of fused-ring (bicyclic) bond motifs is 1. The number of benzene rings is 1. The second-order valence-corrected chi connectivity index (χ2v) is 4.52. The molecule has 2 heterocycles. The van der Waals surface area contributed by atoms with Gasteiger partial charge >= 0.3 is 0 Å². The highest BCUT2D eigenvalue weighted by Crippen LogP contribution is 2.20. The third-order valence-corrected chi connectivity index (χ3v) is 3.16. The summed E-state index contributed by atoms with van der Waals surface area (Å²) in [5.41, 5.74) is 3.07. The van der Waals surface area contributed by atoms with E-state index in [1.54, 1.807) is 11.3 Å². The molecule has 0 atom stereocenters. The highest BCUT2D eigenvalue weighted by Gasteiger charge is 2.06. The van der Waals surface area contributed by atoms with E-state index in [4.69, 9.17) is 0 Å². The lowest BCUT2D eigenvalue weighted by atomic mass is 10.3. The average Bonchev–Trinajstić information content (AvgIpc) is 2.83. The molecular weight excluding hydrogens is 206 g/mol. The van der Waals surface area contributed by atoms with Gasteiger partial charge in [-0.15, -0.1) is 16.4 Å². The zero-order valence-corrected chi connectivity index (χ0v) is 9.03. The third kappa shape index (κ3) is 1.34. The summed E-state index contributed by atoms with van der Waals surface area (Å²) in [6.45, 7) is 2.09. The Morgan fingerprint density at radius 1 is 1.27 bits per heavy atom. The maximum Gasteiger partial charge on any atom is 0.113 e. The monoisotopic (exact) mass is 215 g/mol. The lowest BCUT2D eigenvalue weighted by Gasteiger charge is -1.96. The van der Waals surface area contributed by atoms with Gasteiger partial charge in [0.15, 0.2) is 0 Å². The zero-order valence-electron chi connectivity index (χ0n) is 8.21. The van der Waals surface area contributed by atoms with Gasteiger partial charge < -0.3 is 0 Å². The Morgan fingerprint density at radius 3 is 2.93 bits per heavy atom. The predicted octanol–water partition coefficient (Wildman–Crippen LogP) is 2.79. The Labute approximate surface area is 91.0 Å². The van der Waals surface area contributed by atoms with Crippen molar-refractivity contribution in [1.29, 1.82) is 0 Å². The summed E-state index contributed by atoms with van der Waals surface area (Å²) in [5.74, 6) is 0. The van der Waals surface area contributed by atoms with Crippen LogP contribution in [0.15, 0.2) is 35.7 Å². The molecule has 74 valence electrons. The molecule has 0 saturated carbocycles. The largest absolute Gasteiger partial charge is 0.212 e.